The minimum atomic E-state index is 0.438. The average molecular weight is 507 g/mol. The van der Waals surface area contributed by atoms with Gasteiger partial charge in [-0.1, -0.05) is 12.2 Å². The van der Waals surface area contributed by atoms with Crippen LogP contribution in [0.2, 0.25) is 0 Å². The van der Waals surface area contributed by atoms with Gasteiger partial charge in [-0.2, -0.15) is 0 Å². The summed E-state index contributed by atoms with van der Waals surface area (Å²) in [6.07, 6.45) is 7.82. The van der Waals surface area contributed by atoms with Crippen LogP contribution in [0.1, 0.15) is 23.3 Å². The smallest absolute Gasteiger partial charge is 0.227 e. The Kier molecular flexibility index (Phi) is 10.0. The van der Waals surface area contributed by atoms with Gasteiger partial charge in [0.15, 0.2) is 0 Å². The summed E-state index contributed by atoms with van der Waals surface area (Å²) in [5.74, 6) is 1.37. The van der Waals surface area contributed by atoms with E-state index in [0.717, 1.165) is 52.1 Å². The van der Waals surface area contributed by atoms with Crippen LogP contribution < -0.4 is 10.1 Å². The van der Waals surface area contributed by atoms with Crippen molar-refractivity contribution in [2.24, 2.45) is 0 Å². The molecule has 1 aliphatic rings. The molecule has 0 aliphatic carbocycles. The first kappa shape index (κ1) is 26.0. The predicted octanol–water partition coefficient (Wildman–Crippen LogP) is 5.83. The maximum absolute atomic E-state index is 6.13. The van der Waals surface area contributed by atoms with Crippen LogP contribution in [0, 0.1) is 0 Å². The van der Waals surface area contributed by atoms with Crippen molar-refractivity contribution in [3.63, 3.8) is 0 Å². The zero-order valence-electron chi connectivity index (χ0n) is 20.7. The van der Waals surface area contributed by atoms with E-state index in [1.165, 1.54) is 12.8 Å². The lowest BCUT2D eigenvalue weighted by Gasteiger charge is -2.17. The van der Waals surface area contributed by atoms with Crippen LogP contribution >= 0.6 is 11.3 Å². The Hall–Kier alpha value is -3.04. The normalized spacial score (nSPS) is 13.6. The summed E-state index contributed by atoms with van der Waals surface area (Å²) in [5.41, 5.74) is 2.71. The summed E-state index contributed by atoms with van der Waals surface area (Å²) in [6.45, 7) is 13.4. The Balaban J connectivity index is 1.42. The summed E-state index contributed by atoms with van der Waals surface area (Å²) in [6, 6.07) is 12.0. The Morgan fingerprint density at radius 3 is 2.61 bits per heavy atom. The number of thiophene rings is 1. The van der Waals surface area contributed by atoms with Gasteiger partial charge in [-0.3, -0.25) is 4.90 Å². The van der Waals surface area contributed by atoms with E-state index in [4.69, 9.17) is 19.2 Å². The predicted molar refractivity (Wildman–Crippen MR) is 146 cm³/mol. The van der Waals surface area contributed by atoms with Gasteiger partial charge in [0.25, 0.3) is 0 Å². The molecule has 0 amide bonds. The van der Waals surface area contributed by atoms with Crippen LogP contribution in [0.15, 0.2) is 67.9 Å². The van der Waals surface area contributed by atoms with Crippen LogP contribution in [0.25, 0.3) is 10.6 Å². The van der Waals surface area contributed by atoms with Gasteiger partial charge in [-0.15, -0.1) is 24.5 Å². The number of likely N-dealkylation sites (tertiary alicyclic amines) is 1. The van der Waals surface area contributed by atoms with Crippen LogP contribution in [-0.4, -0.2) is 54.3 Å². The maximum atomic E-state index is 6.13. The number of aromatic nitrogens is 2. The first-order valence-corrected chi connectivity index (χ1v) is 13.1. The lowest BCUT2D eigenvalue weighted by Crippen LogP contribution is -2.25. The quantitative estimate of drug-likeness (QED) is 0.205. The van der Waals surface area contributed by atoms with E-state index in [0.29, 0.717) is 39.0 Å². The topological polar surface area (TPSA) is 68.7 Å². The van der Waals surface area contributed by atoms with Gasteiger partial charge < -0.3 is 19.5 Å². The molecule has 0 unspecified atom stereocenters. The minimum absolute atomic E-state index is 0.438. The van der Waals surface area contributed by atoms with Crippen molar-refractivity contribution < 1.29 is 14.2 Å². The molecule has 3 aromatic rings. The third-order valence-electron chi connectivity index (χ3n) is 5.72. The van der Waals surface area contributed by atoms with Crippen LogP contribution in [-0.2, 0) is 22.7 Å². The highest BCUT2D eigenvalue weighted by Crippen LogP contribution is 2.29. The Morgan fingerprint density at radius 2 is 1.81 bits per heavy atom. The second-order valence-corrected chi connectivity index (χ2v) is 9.65. The third kappa shape index (κ3) is 7.73. The standard InChI is InChI=1S/C28H34N4O3S/c1-3-16-33-20-22-19-23(7-9-26(22)35-18-15-32-13-5-6-14-32)30-28-29-12-11-25(31-28)27-10-8-24(36-27)21-34-17-4-2/h3-4,7-12,19H,1-2,5-6,13-18,20-21H2,(H,29,30,31). The summed E-state index contributed by atoms with van der Waals surface area (Å²) < 4.78 is 17.4. The average Bonchev–Trinajstić information content (AvgIpc) is 3.58. The number of nitrogens with one attached hydrogen (secondary N) is 1. The van der Waals surface area contributed by atoms with Crippen molar-refractivity contribution >= 4 is 23.0 Å². The summed E-state index contributed by atoms with van der Waals surface area (Å²) in [7, 11) is 0. The van der Waals surface area contributed by atoms with Crippen molar-refractivity contribution in [2.45, 2.75) is 26.1 Å². The molecule has 0 radical (unpaired) electrons. The number of hydrogen-bond donors (Lipinski definition) is 1. The molecule has 1 saturated heterocycles. The molecule has 0 saturated carbocycles. The first-order valence-electron chi connectivity index (χ1n) is 12.3. The second-order valence-electron chi connectivity index (χ2n) is 8.48. The van der Waals surface area contributed by atoms with Crippen molar-refractivity contribution in [3.05, 3.63) is 78.3 Å². The largest absolute Gasteiger partial charge is 0.492 e. The second kappa shape index (κ2) is 13.9. The lowest BCUT2D eigenvalue weighted by atomic mass is 10.2. The molecule has 0 bridgehead atoms. The molecular formula is C28H34N4O3S. The van der Waals surface area contributed by atoms with Crippen molar-refractivity contribution in [1.29, 1.82) is 0 Å². The summed E-state index contributed by atoms with van der Waals surface area (Å²) in [4.78, 5) is 13.8. The Labute approximate surface area is 217 Å². The summed E-state index contributed by atoms with van der Waals surface area (Å²) in [5, 5.41) is 3.33. The molecule has 3 heterocycles. The molecule has 1 aromatic carbocycles. The highest BCUT2D eigenvalue weighted by Gasteiger charge is 2.13. The fourth-order valence-electron chi connectivity index (χ4n) is 3.98. The molecular weight excluding hydrogens is 472 g/mol. The van der Waals surface area contributed by atoms with E-state index in [9.17, 15) is 0 Å². The summed E-state index contributed by atoms with van der Waals surface area (Å²) >= 11 is 1.66. The Bertz CT molecular complexity index is 1130. The number of rotatable bonds is 15. The molecule has 0 atom stereocenters. The number of ether oxygens (including phenoxy) is 3. The van der Waals surface area contributed by atoms with E-state index >= 15 is 0 Å². The van der Waals surface area contributed by atoms with Gasteiger partial charge in [0.05, 0.1) is 37.0 Å². The van der Waals surface area contributed by atoms with Gasteiger partial charge in [-0.25, -0.2) is 9.97 Å². The van der Waals surface area contributed by atoms with E-state index in [1.807, 2.05) is 24.3 Å². The molecule has 4 rings (SSSR count). The van der Waals surface area contributed by atoms with E-state index in [-0.39, 0.29) is 0 Å². The molecule has 2 aromatic heterocycles. The van der Waals surface area contributed by atoms with Crippen molar-refractivity contribution in [1.82, 2.24) is 14.9 Å². The first-order chi connectivity index (χ1) is 17.7. The van der Waals surface area contributed by atoms with Gasteiger partial charge in [0, 0.05) is 28.9 Å². The minimum Gasteiger partial charge on any atom is -0.492 e. The number of hydrogen-bond acceptors (Lipinski definition) is 8. The molecule has 36 heavy (non-hydrogen) atoms. The van der Waals surface area contributed by atoms with Crippen LogP contribution in [0.5, 0.6) is 5.75 Å². The monoisotopic (exact) mass is 506 g/mol. The number of anilines is 2. The zero-order valence-corrected chi connectivity index (χ0v) is 21.5. The Morgan fingerprint density at radius 1 is 1.00 bits per heavy atom. The third-order valence-corrected chi connectivity index (χ3v) is 6.80. The highest BCUT2D eigenvalue weighted by molar-refractivity contribution is 7.15. The van der Waals surface area contributed by atoms with E-state index in [1.54, 1.807) is 29.7 Å². The van der Waals surface area contributed by atoms with Crippen molar-refractivity contribution in [2.75, 3.05) is 44.8 Å². The molecule has 190 valence electrons. The molecule has 8 heteroatoms. The van der Waals surface area contributed by atoms with Crippen LogP contribution in [0.3, 0.4) is 0 Å². The van der Waals surface area contributed by atoms with E-state index in [2.05, 4.69) is 40.5 Å². The van der Waals surface area contributed by atoms with E-state index < -0.39 is 0 Å². The van der Waals surface area contributed by atoms with Gasteiger partial charge in [0.2, 0.25) is 5.95 Å². The number of benzene rings is 1. The zero-order chi connectivity index (χ0) is 25.0. The lowest BCUT2D eigenvalue weighted by molar-refractivity contribution is 0.144. The van der Waals surface area contributed by atoms with Gasteiger partial charge in [-0.05, 0) is 62.3 Å². The van der Waals surface area contributed by atoms with Gasteiger partial charge in [0.1, 0.15) is 12.4 Å². The molecule has 1 aliphatic heterocycles. The number of nitrogens with zero attached hydrogens (tertiary/aromatic N) is 3. The van der Waals surface area contributed by atoms with Gasteiger partial charge >= 0.3 is 0 Å². The molecule has 1 fully saturated rings. The molecule has 0 spiro atoms. The fourth-order valence-corrected chi connectivity index (χ4v) is 4.89. The van der Waals surface area contributed by atoms with Crippen LogP contribution in [0.4, 0.5) is 11.6 Å². The fraction of sp³-hybridized carbons (Fsp3) is 0.357. The van der Waals surface area contributed by atoms with Crippen molar-refractivity contribution in [3.8, 4) is 16.3 Å². The maximum Gasteiger partial charge on any atom is 0.227 e. The molecule has 7 nitrogen and oxygen atoms in total. The SMILES string of the molecule is C=CCOCc1ccc(-c2ccnc(Nc3ccc(OCCN4CCCC4)c(COCC=C)c3)n2)s1. The molecule has 1 N–H and O–H groups in total. The highest BCUT2D eigenvalue weighted by atomic mass is 32.1.